The highest BCUT2D eigenvalue weighted by atomic mass is 16.3. The largest absolute Gasteiger partial charge is 0.396 e. The molecule has 1 aliphatic carbocycles. The first-order valence-electron chi connectivity index (χ1n) is 6.16. The van der Waals surface area contributed by atoms with Gasteiger partial charge in [0.1, 0.15) is 0 Å². The van der Waals surface area contributed by atoms with Gasteiger partial charge in [0, 0.05) is 12.6 Å². The summed E-state index contributed by atoms with van der Waals surface area (Å²) >= 11 is 0. The van der Waals surface area contributed by atoms with Crippen molar-refractivity contribution in [3.05, 3.63) is 0 Å². The molecule has 82 valence electrons. The van der Waals surface area contributed by atoms with Gasteiger partial charge in [-0.05, 0) is 50.0 Å². The van der Waals surface area contributed by atoms with Gasteiger partial charge in [0.25, 0.3) is 0 Å². The van der Waals surface area contributed by atoms with E-state index in [1.54, 1.807) is 0 Å². The Balaban J connectivity index is 2.15. The maximum absolute atomic E-state index is 9.40. The summed E-state index contributed by atoms with van der Waals surface area (Å²) in [6.07, 6.45) is 7.88. The van der Waals surface area contributed by atoms with Crippen LogP contribution in [-0.2, 0) is 0 Å². The Labute approximate surface area is 87.1 Å². The first kappa shape index (κ1) is 10.4. The third kappa shape index (κ3) is 1.59. The van der Waals surface area contributed by atoms with E-state index in [2.05, 4.69) is 12.2 Å². The summed E-state index contributed by atoms with van der Waals surface area (Å²) in [7, 11) is 0. The third-order valence-corrected chi connectivity index (χ3v) is 4.54. The van der Waals surface area contributed by atoms with Crippen LogP contribution in [0.5, 0.6) is 0 Å². The molecular formula is C12H23NO. The smallest absolute Gasteiger partial charge is 0.0474 e. The SMILES string of the molecule is CC[C@]12CCCN[C@H]1[C@H](CO)CCC2. The van der Waals surface area contributed by atoms with Crippen LogP contribution < -0.4 is 5.32 Å². The minimum atomic E-state index is 0.374. The average Bonchev–Trinajstić information content (AvgIpc) is 2.28. The highest BCUT2D eigenvalue weighted by Gasteiger charge is 2.44. The Hall–Kier alpha value is -0.0800. The summed E-state index contributed by atoms with van der Waals surface area (Å²) in [5.74, 6) is 0.518. The van der Waals surface area contributed by atoms with Gasteiger partial charge in [-0.15, -0.1) is 0 Å². The van der Waals surface area contributed by atoms with E-state index >= 15 is 0 Å². The third-order valence-electron chi connectivity index (χ3n) is 4.54. The monoisotopic (exact) mass is 197 g/mol. The Morgan fingerprint density at radius 2 is 2.14 bits per heavy atom. The fourth-order valence-corrected chi connectivity index (χ4v) is 3.67. The highest BCUT2D eigenvalue weighted by Crippen LogP contribution is 2.47. The van der Waals surface area contributed by atoms with E-state index in [-0.39, 0.29) is 0 Å². The number of fused-ring (bicyclic) bond motifs is 1. The van der Waals surface area contributed by atoms with Crippen molar-refractivity contribution in [3.8, 4) is 0 Å². The fraction of sp³-hybridized carbons (Fsp3) is 1.00. The van der Waals surface area contributed by atoms with Gasteiger partial charge in [-0.1, -0.05) is 13.3 Å². The summed E-state index contributed by atoms with van der Waals surface area (Å²) in [6, 6.07) is 0.597. The molecule has 0 amide bonds. The zero-order chi connectivity index (χ0) is 10.0. The number of piperidine rings is 1. The summed E-state index contributed by atoms with van der Waals surface area (Å²) in [5, 5.41) is 13.1. The molecule has 0 aromatic heterocycles. The molecule has 14 heavy (non-hydrogen) atoms. The van der Waals surface area contributed by atoms with Crippen molar-refractivity contribution < 1.29 is 5.11 Å². The molecular weight excluding hydrogens is 174 g/mol. The Kier molecular flexibility index (Phi) is 3.13. The molecule has 0 unspecified atom stereocenters. The van der Waals surface area contributed by atoms with Gasteiger partial charge in [0.2, 0.25) is 0 Å². The van der Waals surface area contributed by atoms with E-state index in [1.165, 1.54) is 38.5 Å². The molecule has 0 spiro atoms. The normalized spacial score (nSPS) is 43.3. The van der Waals surface area contributed by atoms with Gasteiger partial charge < -0.3 is 10.4 Å². The van der Waals surface area contributed by atoms with Gasteiger partial charge in [0.05, 0.1) is 0 Å². The van der Waals surface area contributed by atoms with Crippen molar-refractivity contribution in [1.82, 2.24) is 5.32 Å². The van der Waals surface area contributed by atoms with Crippen LogP contribution in [0.4, 0.5) is 0 Å². The van der Waals surface area contributed by atoms with E-state index in [1.807, 2.05) is 0 Å². The molecule has 2 rings (SSSR count). The predicted octanol–water partition coefficient (Wildman–Crippen LogP) is 1.93. The van der Waals surface area contributed by atoms with E-state index < -0.39 is 0 Å². The van der Waals surface area contributed by atoms with E-state index in [4.69, 9.17) is 0 Å². The molecule has 2 nitrogen and oxygen atoms in total. The Morgan fingerprint density at radius 3 is 2.86 bits per heavy atom. The van der Waals surface area contributed by atoms with Crippen LogP contribution >= 0.6 is 0 Å². The molecule has 2 heteroatoms. The lowest BCUT2D eigenvalue weighted by molar-refractivity contribution is 0.0129. The number of hydrogen-bond donors (Lipinski definition) is 2. The lowest BCUT2D eigenvalue weighted by Crippen LogP contribution is -2.56. The molecule has 1 saturated carbocycles. The molecule has 3 atom stereocenters. The van der Waals surface area contributed by atoms with Crippen LogP contribution in [0.2, 0.25) is 0 Å². The van der Waals surface area contributed by atoms with E-state index in [9.17, 15) is 5.11 Å². The fourth-order valence-electron chi connectivity index (χ4n) is 3.67. The molecule has 1 saturated heterocycles. The zero-order valence-electron chi connectivity index (χ0n) is 9.26. The number of aliphatic hydroxyl groups excluding tert-OH is 1. The van der Waals surface area contributed by atoms with E-state index in [0.29, 0.717) is 24.0 Å². The number of nitrogens with one attached hydrogen (secondary N) is 1. The lowest BCUT2D eigenvalue weighted by Gasteiger charge is -2.51. The molecule has 0 aromatic carbocycles. The van der Waals surface area contributed by atoms with Gasteiger partial charge in [-0.25, -0.2) is 0 Å². The maximum Gasteiger partial charge on any atom is 0.0474 e. The summed E-state index contributed by atoms with van der Waals surface area (Å²) in [5.41, 5.74) is 0.518. The Bertz CT molecular complexity index is 191. The summed E-state index contributed by atoms with van der Waals surface area (Å²) in [4.78, 5) is 0. The van der Waals surface area contributed by atoms with Crippen LogP contribution in [0.1, 0.15) is 45.4 Å². The number of rotatable bonds is 2. The second-order valence-electron chi connectivity index (χ2n) is 5.09. The average molecular weight is 197 g/mol. The second kappa shape index (κ2) is 4.19. The van der Waals surface area contributed by atoms with Crippen molar-refractivity contribution in [1.29, 1.82) is 0 Å². The quantitative estimate of drug-likeness (QED) is 0.709. The minimum Gasteiger partial charge on any atom is -0.396 e. The number of hydrogen-bond acceptors (Lipinski definition) is 2. The first-order chi connectivity index (χ1) is 6.82. The molecule has 0 aromatic rings. The molecule has 0 radical (unpaired) electrons. The molecule has 2 fully saturated rings. The van der Waals surface area contributed by atoms with Crippen molar-refractivity contribution in [3.63, 3.8) is 0 Å². The molecule has 1 aliphatic heterocycles. The molecule has 2 aliphatic rings. The molecule has 2 N–H and O–H groups in total. The van der Waals surface area contributed by atoms with Crippen LogP contribution in [0.25, 0.3) is 0 Å². The van der Waals surface area contributed by atoms with Crippen molar-refractivity contribution >= 4 is 0 Å². The van der Waals surface area contributed by atoms with Crippen molar-refractivity contribution in [2.45, 2.75) is 51.5 Å². The van der Waals surface area contributed by atoms with Crippen LogP contribution in [0.3, 0.4) is 0 Å². The minimum absolute atomic E-state index is 0.374. The van der Waals surface area contributed by atoms with Gasteiger partial charge in [-0.2, -0.15) is 0 Å². The first-order valence-corrected chi connectivity index (χ1v) is 6.16. The van der Waals surface area contributed by atoms with Crippen LogP contribution in [-0.4, -0.2) is 24.3 Å². The van der Waals surface area contributed by atoms with Crippen LogP contribution in [0, 0.1) is 11.3 Å². The highest BCUT2D eigenvalue weighted by molar-refractivity contribution is 4.99. The summed E-state index contributed by atoms with van der Waals surface area (Å²) < 4.78 is 0. The number of aliphatic hydroxyl groups is 1. The van der Waals surface area contributed by atoms with Crippen LogP contribution in [0.15, 0.2) is 0 Å². The maximum atomic E-state index is 9.40. The predicted molar refractivity (Wildman–Crippen MR) is 58.2 cm³/mol. The van der Waals surface area contributed by atoms with E-state index in [0.717, 1.165) is 6.54 Å². The standard InChI is InChI=1S/C12H23NO/c1-2-12-6-3-5-10(9-14)11(12)13-8-4-7-12/h10-11,13-14H,2-9H2,1H3/t10-,11-,12-/m0/s1. The van der Waals surface area contributed by atoms with Gasteiger partial charge >= 0.3 is 0 Å². The van der Waals surface area contributed by atoms with Gasteiger partial charge in [0.15, 0.2) is 0 Å². The summed E-state index contributed by atoms with van der Waals surface area (Å²) in [6.45, 7) is 3.85. The zero-order valence-corrected chi connectivity index (χ0v) is 9.26. The van der Waals surface area contributed by atoms with Gasteiger partial charge in [-0.3, -0.25) is 0 Å². The lowest BCUT2D eigenvalue weighted by atomic mass is 9.61. The molecule has 0 bridgehead atoms. The van der Waals surface area contributed by atoms with Crippen molar-refractivity contribution in [2.75, 3.05) is 13.2 Å². The Morgan fingerprint density at radius 1 is 1.36 bits per heavy atom. The second-order valence-corrected chi connectivity index (χ2v) is 5.09. The molecule has 1 heterocycles. The topological polar surface area (TPSA) is 32.3 Å². The van der Waals surface area contributed by atoms with Crippen molar-refractivity contribution in [2.24, 2.45) is 11.3 Å².